The molecule has 1 heterocycles. The molecule has 0 radical (unpaired) electrons. The average molecular weight is 285 g/mol. The number of hydrogen-bond donors (Lipinski definition) is 1. The van der Waals surface area contributed by atoms with Gasteiger partial charge in [-0.15, -0.1) is 0 Å². The van der Waals surface area contributed by atoms with Gasteiger partial charge in [-0.25, -0.2) is 0 Å². The van der Waals surface area contributed by atoms with Gasteiger partial charge < -0.3 is 19.5 Å². The molecule has 2 aromatic rings. The predicted molar refractivity (Wildman–Crippen MR) is 82.2 cm³/mol. The summed E-state index contributed by atoms with van der Waals surface area (Å²) in [5.41, 5.74) is 2.22. The lowest BCUT2D eigenvalue weighted by molar-refractivity contribution is 0.174. The van der Waals surface area contributed by atoms with Crippen molar-refractivity contribution < 1.29 is 14.2 Å². The second-order valence-electron chi connectivity index (χ2n) is 4.94. The fourth-order valence-corrected chi connectivity index (χ4v) is 2.33. The zero-order valence-electron chi connectivity index (χ0n) is 12.3. The van der Waals surface area contributed by atoms with Crippen LogP contribution < -0.4 is 19.5 Å². The first-order valence-corrected chi connectivity index (χ1v) is 7.15. The van der Waals surface area contributed by atoms with Crippen LogP contribution in [0.15, 0.2) is 42.5 Å². The Morgan fingerprint density at radius 2 is 1.86 bits per heavy atom. The summed E-state index contributed by atoms with van der Waals surface area (Å²) in [4.78, 5) is 0. The van der Waals surface area contributed by atoms with Gasteiger partial charge in [0, 0.05) is 11.7 Å². The maximum atomic E-state index is 5.44. The van der Waals surface area contributed by atoms with Gasteiger partial charge in [0.2, 0.25) is 6.79 Å². The summed E-state index contributed by atoms with van der Waals surface area (Å²) in [5, 5.41) is 3.47. The molecular weight excluding hydrogens is 266 g/mol. The van der Waals surface area contributed by atoms with Crippen LogP contribution in [0.2, 0.25) is 0 Å². The Bertz CT molecular complexity index is 610. The molecule has 4 nitrogen and oxygen atoms in total. The predicted octanol–water partition coefficient (Wildman–Crippen LogP) is 3.99. The SMILES string of the molecule is CCOc1ccc(NC(C)c2ccc3c(c2)OCO3)cc1. The number of anilines is 1. The van der Waals surface area contributed by atoms with Crippen molar-refractivity contribution in [3.63, 3.8) is 0 Å². The highest BCUT2D eigenvalue weighted by molar-refractivity contribution is 5.50. The maximum absolute atomic E-state index is 5.44. The van der Waals surface area contributed by atoms with Gasteiger partial charge in [0.05, 0.1) is 6.61 Å². The van der Waals surface area contributed by atoms with Crippen LogP contribution in [-0.4, -0.2) is 13.4 Å². The highest BCUT2D eigenvalue weighted by Crippen LogP contribution is 2.34. The van der Waals surface area contributed by atoms with Gasteiger partial charge >= 0.3 is 0 Å². The fourth-order valence-electron chi connectivity index (χ4n) is 2.33. The molecule has 0 saturated heterocycles. The van der Waals surface area contributed by atoms with E-state index in [1.165, 1.54) is 0 Å². The molecule has 1 atom stereocenters. The van der Waals surface area contributed by atoms with Gasteiger partial charge in [0.1, 0.15) is 5.75 Å². The van der Waals surface area contributed by atoms with E-state index in [4.69, 9.17) is 14.2 Å². The lowest BCUT2D eigenvalue weighted by Gasteiger charge is -2.16. The van der Waals surface area contributed by atoms with Crippen LogP contribution in [0.3, 0.4) is 0 Å². The van der Waals surface area contributed by atoms with Gasteiger partial charge in [-0.1, -0.05) is 6.07 Å². The van der Waals surface area contributed by atoms with E-state index in [9.17, 15) is 0 Å². The van der Waals surface area contributed by atoms with E-state index in [0.717, 1.165) is 28.5 Å². The normalized spacial score (nSPS) is 13.8. The van der Waals surface area contributed by atoms with Gasteiger partial charge in [-0.3, -0.25) is 0 Å². The van der Waals surface area contributed by atoms with Crippen LogP contribution in [-0.2, 0) is 0 Å². The monoisotopic (exact) mass is 285 g/mol. The third-order valence-electron chi connectivity index (χ3n) is 3.45. The van der Waals surface area contributed by atoms with Gasteiger partial charge in [0.15, 0.2) is 11.5 Å². The molecule has 3 rings (SSSR count). The van der Waals surface area contributed by atoms with Gasteiger partial charge in [0.25, 0.3) is 0 Å². The first-order valence-electron chi connectivity index (χ1n) is 7.15. The smallest absolute Gasteiger partial charge is 0.231 e. The van der Waals surface area contributed by atoms with Crippen molar-refractivity contribution in [3.8, 4) is 17.2 Å². The number of ether oxygens (including phenoxy) is 3. The van der Waals surface area contributed by atoms with Crippen molar-refractivity contribution in [2.75, 3.05) is 18.7 Å². The summed E-state index contributed by atoms with van der Waals surface area (Å²) in [5.74, 6) is 2.51. The molecule has 1 N–H and O–H groups in total. The minimum Gasteiger partial charge on any atom is -0.494 e. The summed E-state index contributed by atoms with van der Waals surface area (Å²) < 4.78 is 16.2. The number of fused-ring (bicyclic) bond motifs is 1. The Kier molecular flexibility index (Phi) is 3.86. The first kappa shape index (κ1) is 13.6. The van der Waals surface area contributed by atoms with E-state index in [1.54, 1.807) is 0 Å². The van der Waals surface area contributed by atoms with Crippen LogP contribution in [0, 0.1) is 0 Å². The molecular formula is C17H19NO3. The molecule has 0 aliphatic carbocycles. The van der Waals surface area contributed by atoms with Crippen LogP contribution in [0.4, 0.5) is 5.69 Å². The Labute approximate surface area is 124 Å². The lowest BCUT2D eigenvalue weighted by atomic mass is 10.1. The Balaban J connectivity index is 1.69. The standard InChI is InChI=1S/C17H19NO3/c1-3-19-15-7-5-14(6-8-15)18-12(2)13-4-9-16-17(10-13)21-11-20-16/h4-10,12,18H,3,11H2,1-2H3. The molecule has 1 aliphatic rings. The van der Waals surface area contributed by atoms with Crippen molar-refractivity contribution in [3.05, 3.63) is 48.0 Å². The molecule has 4 heteroatoms. The molecule has 110 valence electrons. The van der Waals surface area contributed by atoms with Crippen molar-refractivity contribution in [1.82, 2.24) is 0 Å². The van der Waals surface area contributed by atoms with Crippen LogP contribution in [0.1, 0.15) is 25.5 Å². The zero-order valence-corrected chi connectivity index (χ0v) is 12.3. The van der Waals surface area contributed by atoms with Crippen molar-refractivity contribution in [1.29, 1.82) is 0 Å². The molecule has 0 amide bonds. The third kappa shape index (κ3) is 3.05. The molecule has 1 aliphatic heterocycles. The molecule has 0 saturated carbocycles. The van der Waals surface area contributed by atoms with Crippen LogP contribution >= 0.6 is 0 Å². The summed E-state index contributed by atoms with van der Waals surface area (Å²) in [6.07, 6.45) is 0. The summed E-state index contributed by atoms with van der Waals surface area (Å²) in [7, 11) is 0. The highest BCUT2D eigenvalue weighted by Gasteiger charge is 2.15. The largest absolute Gasteiger partial charge is 0.494 e. The fraction of sp³-hybridized carbons (Fsp3) is 0.294. The van der Waals surface area contributed by atoms with E-state index >= 15 is 0 Å². The van der Waals surface area contributed by atoms with Gasteiger partial charge in [-0.2, -0.15) is 0 Å². The summed E-state index contributed by atoms with van der Waals surface area (Å²) in [6, 6.07) is 14.2. The Hall–Kier alpha value is -2.36. The molecule has 0 aromatic heterocycles. The highest BCUT2D eigenvalue weighted by atomic mass is 16.7. The van der Waals surface area contributed by atoms with Gasteiger partial charge in [-0.05, 0) is 55.8 Å². The Morgan fingerprint density at radius 1 is 1.10 bits per heavy atom. The molecule has 0 fully saturated rings. The molecule has 21 heavy (non-hydrogen) atoms. The molecule has 0 bridgehead atoms. The Morgan fingerprint density at radius 3 is 2.62 bits per heavy atom. The second-order valence-corrected chi connectivity index (χ2v) is 4.94. The number of nitrogens with one attached hydrogen (secondary N) is 1. The quantitative estimate of drug-likeness (QED) is 0.901. The van der Waals surface area contributed by atoms with E-state index in [0.29, 0.717) is 13.4 Å². The van der Waals surface area contributed by atoms with Crippen molar-refractivity contribution in [2.45, 2.75) is 19.9 Å². The summed E-state index contributed by atoms with van der Waals surface area (Å²) >= 11 is 0. The van der Waals surface area contributed by atoms with Crippen LogP contribution in [0.5, 0.6) is 17.2 Å². The number of rotatable bonds is 5. The van der Waals surface area contributed by atoms with Crippen LogP contribution in [0.25, 0.3) is 0 Å². The molecule has 1 unspecified atom stereocenters. The minimum absolute atomic E-state index is 0.178. The van der Waals surface area contributed by atoms with E-state index in [1.807, 2.05) is 43.3 Å². The summed E-state index contributed by atoms with van der Waals surface area (Å²) in [6.45, 7) is 5.09. The van der Waals surface area contributed by atoms with E-state index in [2.05, 4.69) is 18.3 Å². The van der Waals surface area contributed by atoms with Crippen molar-refractivity contribution in [2.24, 2.45) is 0 Å². The zero-order chi connectivity index (χ0) is 14.7. The minimum atomic E-state index is 0.178. The molecule has 0 spiro atoms. The van der Waals surface area contributed by atoms with E-state index < -0.39 is 0 Å². The third-order valence-corrected chi connectivity index (χ3v) is 3.45. The lowest BCUT2D eigenvalue weighted by Crippen LogP contribution is -2.06. The number of hydrogen-bond acceptors (Lipinski definition) is 4. The van der Waals surface area contributed by atoms with Crippen molar-refractivity contribution >= 4 is 5.69 Å². The average Bonchev–Trinajstić information content (AvgIpc) is 2.97. The van der Waals surface area contributed by atoms with E-state index in [-0.39, 0.29) is 6.04 Å². The second kappa shape index (κ2) is 5.95. The first-order chi connectivity index (χ1) is 10.3. The molecule has 2 aromatic carbocycles. The number of benzene rings is 2. The topological polar surface area (TPSA) is 39.7 Å². The maximum Gasteiger partial charge on any atom is 0.231 e.